The summed E-state index contributed by atoms with van der Waals surface area (Å²) in [5.74, 6) is 0. The minimum atomic E-state index is -0.442. The molecule has 1 aliphatic carbocycles. The van der Waals surface area contributed by atoms with Crippen LogP contribution in [0.5, 0.6) is 0 Å². The summed E-state index contributed by atoms with van der Waals surface area (Å²) in [7, 11) is 4.21. The van der Waals surface area contributed by atoms with Crippen molar-refractivity contribution in [3.05, 3.63) is 0 Å². The highest BCUT2D eigenvalue weighted by Gasteiger charge is 2.27. The van der Waals surface area contributed by atoms with Crippen molar-refractivity contribution in [2.75, 3.05) is 27.2 Å². The normalized spacial score (nSPS) is 22.4. The number of rotatable bonds is 6. The van der Waals surface area contributed by atoms with E-state index in [1.807, 2.05) is 0 Å². The Hall–Kier alpha value is -0.120. The predicted octanol–water partition coefficient (Wildman–Crippen LogP) is 2.00. The van der Waals surface area contributed by atoms with Gasteiger partial charge >= 0.3 is 0 Å². The monoisotopic (exact) mass is 242 g/mol. The van der Waals surface area contributed by atoms with E-state index in [4.69, 9.17) is 0 Å². The lowest BCUT2D eigenvalue weighted by Gasteiger charge is -2.29. The molecule has 0 aromatic heterocycles. The Bertz CT molecular complexity index is 198. The van der Waals surface area contributed by atoms with Gasteiger partial charge in [-0.15, -0.1) is 0 Å². The van der Waals surface area contributed by atoms with Gasteiger partial charge in [0, 0.05) is 12.6 Å². The van der Waals surface area contributed by atoms with Crippen LogP contribution >= 0.6 is 0 Å². The molecule has 3 nitrogen and oxygen atoms in total. The number of hydrogen-bond acceptors (Lipinski definition) is 3. The van der Waals surface area contributed by atoms with Gasteiger partial charge in [0.25, 0.3) is 0 Å². The van der Waals surface area contributed by atoms with E-state index in [1.54, 1.807) is 0 Å². The van der Waals surface area contributed by atoms with Gasteiger partial charge in [0.2, 0.25) is 0 Å². The first-order valence-corrected chi connectivity index (χ1v) is 7.12. The fraction of sp³-hybridized carbons (Fsp3) is 1.00. The molecular weight excluding hydrogens is 212 g/mol. The molecule has 0 amide bonds. The summed E-state index contributed by atoms with van der Waals surface area (Å²) in [6.07, 6.45) is 8.04. The molecular formula is C14H30N2O. The Kier molecular flexibility index (Phi) is 6.45. The Morgan fingerprint density at radius 1 is 1.18 bits per heavy atom. The Balaban J connectivity index is 2.22. The van der Waals surface area contributed by atoms with Crippen LogP contribution in [0.3, 0.4) is 0 Å². The fourth-order valence-corrected chi connectivity index (χ4v) is 2.48. The standard InChI is InChI=1S/C14H30N2O/c1-13(8-11-16(2)3)15-12-14(17)9-6-4-5-7-10-14/h13,15,17H,4-12H2,1-3H3. The first kappa shape index (κ1) is 14.9. The summed E-state index contributed by atoms with van der Waals surface area (Å²) in [6.45, 7) is 4.08. The maximum atomic E-state index is 10.5. The highest BCUT2D eigenvalue weighted by molar-refractivity contribution is 4.84. The largest absolute Gasteiger partial charge is 0.389 e. The summed E-state index contributed by atoms with van der Waals surface area (Å²) in [5.41, 5.74) is -0.442. The van der Waals surface area contributed by atoms with Crippen molar-refractivity contribution in [1.82, 2.24) is 10.2 Å². The minimum absolute atomic E-state index is 0.442. The van der Waals surface area contributed by atoms with Crippen LogP contribution in [0.25, 0.3) is 0 Å². The lowest BCUT2D eigenvalue weighted by atomic mass is 9.94. The second-order valence-electron chi connectivity index (χ2n) is 6.01. The quantitative estimate of drug-likeness (QED) is 0.699. The molecule has 0 aromatic carbocycles. The number of nitrogens with one attached hydrogen (secondary N) is 1. The Morgan fingerprint density at radius 3 is 2.29 bits per heavy atom. The van der Waals surface area contributed by atoms with Gasteiger partial charge < -0.3 is 15.3 Å². The summed E-state index contributed by atoms with van der Waals surface area (Å²) < 4.78 is 0. The molecule has 0 heterocycles. The number of nitrogens with zero attached hydrogens (tertiary/aromatic N) is 1. The van der Waals surface area contributed by atoms with Crippen molar-refractivity contribution in [3.8, 4) is 0 Å². The second kappa shape index (κ2) is 7.34. The van der Waals surface area contributed by atoms with Gasteiger partial charge in [-0.05, 0) is 46.8 Å². The van der Waals surface area contributed by atoms with Gasteiger partial charge in [-0.3, -0.25) is 0 Å². The molecule has 0 spiro atoms. The Morgan fingerprint density at radius 2 is 1.76 bits per heavy atom. The van der Waals surface area contributed by atoms with Gasteiger partial charge in [0.15, 0.2) is 0 Å². The van der Waals surface area contributed by atoms with Gasteiger partial charge in [-0.2, -0.15) is 0 Å². The summed E-state index contributed by atoms with van der Waals surface area (Å²) in [5, 5.41) is 14.0. The van der Waals surface area contributed by atoms with Crippen molar-refractivity contribution >= 4 is 0 Å². The van der Waals surface area contributed by atoms with Crippen LogP contribution in [0.4, 0.5) is 0 Å². The molecule has 0 saturated heterocycles. The summed E-state index contributed by atoms with van der Waals surface area (Å²) in [4.78, 5) is 2.21. The van der Waals surface area contributed by atoms with Crippen LogP contribution in [0.15, 0.2) is 0 Å². The molecule has 17 heavy (non-hydrogen) atoms. The third kappa shape index (κ3) is 6.39. The van der Waals surface area contributed by atoms with Crippen molar-refractivity contribution in [3.63, 3.8) is 0 Å². The van der Waals surface area contributed by atoms with E-state index in [-0.39, 0.29) is 0 Å². The number of aliphatic hydroxyl groups is 1. The topological polar surface area (TPSA) is 35.5 Å². The third-order valence-corrected chi connectivity index (χ3v) is 3.82. The molecule has 3 heteroatoms. The van der Waals surface area contributed by atoms with Crippen LogP contribution in [0.1, 0.15) is 51.9 Å². The summed E-state index contributed by atoms with van der Waals surface area (Å²) >= 11 is 0. The molecule has 1 saturated carbocycles. The van der Waals surface area contributed by atoms with E-state index in [0.29, 0.717) is 6.04 Å². The molecule has 0 radical (unpaired) electrons. The van der Waals surface area contributed by atoms with Crippen molar-refractivity contribution < 1.29 is 5.11 Å². The Labute approximate surface area is 107 Å². The number of hydrogen-bond donors (Lipinski definition) is 2. The molecule has 0 aromatic rings. The fourth-order valence-electron chi connectivity index (χ4n) is 2.48. The van der Waals surface area contributed by atoms with Gasteiger partial charge in [0.1, 0.15) is 0 Å². The van der Waals surface area contributed by atoms with Gasteiger partial charge in [0.05, 0.1) is 5.60 Å². The van der Waals surface area contributed by atoms with Crippen molar-refractivity contribution in [2.45, 2.75) is 63.5 Å². The zero-order valence-corrected chi connectivity index (χ0v) is 11.8. The first-order chi connectivity index (χ1) is 8.02. The molecule has 2 N–H and O–H groups in total. The van der Waals surface area contributed by atoms with E-state index in [0.717, 1.165) is 32.4 Å². The molecule has 0 bridgehead atoms. The van der Waals surface area contributed by atoms with Crippen LogP contribution in [0.2, 0.25) is 0 Å². The molecule has 1 aliphatic rings. The molecule has 1 unspecified atom stereocenters. The van der Waals surface area contributed by atoms with Crippen LogP contribution in [0, 0.1) is 0 Å². The highest BCUT2D eigenvalue weighted by atomic mass is 16.3. The highest BCUT2D eigenvalue weighted by Crippen LogP contribution is 2.26. The van der Waals surface area contributed by atoms with Crippen LogP contribution in [-0.4, -0.2) is 48.8 Å². The third-order valence-electron chi connectivity index (χ3n) is 3.82. The molecule has 1 atom stereocenters. The van der Waals surface area contributed by atoms with E-state index >= 15 is 0 Å². The zero-order valence-electron chi connectivity index (χ0n) is 11.8. The van der Waals surface area contributed by atoms with Crippen LogP contribution < -0.4 is 5.32 Å². The van der Waals surface area contributed by atoms with E-state index in [2.05, 4.69) is 31.2 Å². The summed E-state index contributed by atoms with van der Waals surface area (Å²) in [6, 6.07) is 0.490. The minimum Gasteiger partial charge on any atom is -0.389 e. The average molecular weight is 242 g/mol. The molecule has 1 fully saturated rings. The van der Waals surface area contributed by atoms with E-state index in [1.165, 1.54) is 25.7 Å². The lowest BCUT2D eigenvalue weighted by molar-refractivity contribution is 0.0228. The predicted molar refractivity (Wildman–Crippen MR) is 73.3 cm³/mol. The van der Waals surface area contributed by atoms with E-state index in [9.17, 15) is 5.11 Å². The average Bonchev–Trinajstić information content (AvgIpc) is 2.49. The SMILES string of the molecule is CC(CCN(C)C)NCC1(O)CCCCCC1. The van der Waals surface area contributed by atoms with Gasteiger partial charge in [-0.25, -0.2) is 0 Å². The molecule has 102 valence electrons. The molecule has 0 aliphatic heterocycles. The first-order valence-electron chi connectivity index (χ1n) is 7.12. The maximum Gasteiger partial charge on any atom is 0.0771 e. The smallest absolute Gasteiger partial charge is 0.0771 e. The zero-order chi connectivity index (χ0) is 12.7. The molecule has 1 rings (SSSR count). The van der Waals surface area contributed by atoms with Gasteiger partial charge in [-0.1, -0.05) is 25.7 Å². The maximum absolute atomic E-state index is 10.5. The second-order valence-corrected chi connectivity index (χ2v) is 6.01. The van der Waals surface area contributed by atoms with Crippen molar-refractivity contribution in [1.29, 1.82) is 0 Å². The van der Waals surface area contributed by atoms with E-state index < -0.39 is 5.60 Å². The van der Waals surface area contributed by atoms with Crippen LogP contribution in [-0.2, 0) is 0 Å². The lowest BCUT2D eigenvalue weighted by Crippen LogP contribution is -2.44. The van der Waals surface area contributed by atoms with Crippen molar-refractivity contribution in [2.24, 2.45) is 0 Å².